The third-order valence-corrected chi connectivity index (χ3v) is 2.60. The number of rotatable bonds is 3. The van der Waals surface area contributed by atoms with Crippen molar-refractivity contribution in [3.63, 3.8) is 0 Å². The van der Waals surface area contributed by atoms with E-state index in [1.54, 1.807) is 20.3 Å². The molecule has 74 valence electrons. The summed E-state index contributed by atoms with van der Waals surface area (Å²) in [6, 6.07) is 5.61. The van der Waals surface area contributed by atoms with Crippen molar-refractivity contribution in [2.75, 3.05) is 20.5 Å². The zero-order chi connectivity index (χ0) is 10.6. The maximum Gasteiger partial charge on any atom is 0.162 e. The van der Waals surface area contributed by atoms with E-state index in [0.717, 1.165) is 4.90 Å². The first-order valence-corrected chi connectivity index (χ1v) is 5.19. The van der Waals surface area contributed by atoms with Crippen LogP contribution in [-0.2, 0) is 0 Å². The van der Waals surface area contributed by atoms with E-state index in [-0.39, 0.29) is 0 Å². The van der Waals surface area contributed by atoms with Gasteiger partial charge in [-0.25, -0.2) is 0 Å². The van der Waals surface area contributed by atoms with Gasteiger partial charge in [0.25, 0.3) is 0 Å². The molecular formula is C10H11NO2S. The first-order chi connectivity index (χ1) is 6.76. The van der Waals surface area contributed by atoms with Crippen LogP contribution >= 0.6 is 11.8 Å². The molecule has 1 aromatic rings. The van der Waals surface area contributed by atoms with Crippen LogP contribution in [0, 0.1) is 11.3 Å². The summed E-state index contributed by atoms with van der Waals surface area (Å²) in [5.74, 6) is 1.23. The number of thioether (sulfide) groups is 1. The Kier molecular flexibility index (Phi) is 3.66. The molecule has 1 rings (SSSR count). The molecule has 0 amide bonds. The van der Waals surface area contributed by atoms with Crippen LogP contribution in [-0.4, -0.2) is 20.5 Å². The zero-order valence-corrected chi connectivity index (χ0v) is 9.14. The van der Waals surface area contributed by atoms with Crippen LogP contribution in [0.4, 0.5) is 0 Å². The Morgan fingerprint density at radius 2 is 1.79 bits per heavy atom. The van der Waals surface area contributed by atoms with E-state index >= 15 is 0 Å². The van der Waals surface area contributed by atoms with Gasteiger partial charge in [0.05, 0.1) is 19.8 Å². The number of nitriles is 1. The van der Waals surface area contributed by atoms with Gasteiger partial charge in [-0.05, 0) is 12.3 Å². The molecule has 0 aliphatic rings. The second kappa shape index (κ2) is 4.77. The fourth-order valence-electron chi connectivity index (χ4n) is 1.12. The Morgan fingerprint density at radius 1 is 1.21 bits per heavy atom. The van der Waals surface area contributed by atoms with Crippen LogP contribution < -0.4 is 9.47 Å². The highest BCUT2D eigenvalue weighted by molar-refractivity contribution is 7.98. The molecule has 0 aromatic heterocycles. The molecule has 14 heavy (non-hydrogen) atoms. The molecule has 0 radical (unpaired) electrons. The molecule has 4 heteroatoms. The second-order valence-electron chi connectivity index (χ2n) is 2.52. The average Bonchev–Trinajstić information content (AvgIpc) is 2.26. The second-order valence-corrected chi connectivity index (χ2v) is 3.37. The molecule has 0 atom stereocenters. The van der Waals surface area contributed by atoms with Gasteiger partial charge in [0.2, 0.25) is 0 Å². The topological polar surface area (TPSA) is 42.2 Å². The smallest absolute Gasteiger partial charge is 0.162 e. The van der Waals surface area contributed by atoms with E-state index in [4.69, 9.17) is 14.7 Å². The third-order valence-electron chi connectivity index (χ3n) is 1.83. The Labute approximate surface area is 87.6 Å². The first-order valence-electron chi connectivity index (χ1n) is 3.97. The van der Waals surface area contributed by atoms with Gasteiger partial charge < -0.3 is 9.47 Å². The molecule has 0 spiro atoms. The summed E-state index contributed by atoms with van der Waals surface area (Å²) in [7, 11) is 3.13. The third kappa shape index (κ3) is 1.94. The number of ether oxygens (including phenoxy) is 2. The molecule has 0 saturated heterocycles. The Bertz CT molecular complexity index is 371. The minimum atomic E-state index is 0.585. The Balaban J connectivity index is 3.30. The lowest BCUT2D eigenvalue weighted by molar-refractivity contribution is 0.354. The van der Waals surface area contributed by atoms with Gasteiger partial charge in [-0.3, -0.25) is 0 Å². The summed E-state index contributed by atoms with van der Waals surface area (Å²) in [6.07, 6.45) is 1.92. The molecule has 0 bridgehead atoms. The molecule has 0 fully saturated rings. The van der Waals surface area contributed by atoms with Crippen LogP contribution in [0.25, 0.3) is 0 Å². The number of methoxy groups -OCH3 is 2. The summed E-state index contributed by atoms with van der Waals surface area (Å²) < 4.78 is 10.2. The first kappa shape index (κ1) is 10.7. The number of nitrogens with zero attached hydrogens (tertiary/aromatic N) is 1. The predicted octanol–water partition coefficient (Wildman–Crippen LogP) is 2.30. The summed E-state index contributed by atoms with van der Waals surface area (Å²) in [4.78, 5) is 0.894. The SMILES string of the molecule is COc1cc(C#N)c(SC)cc1OC. The molecule has 0 aliphatic carbocycles. The average molecular weight is 209 g/mol. The van der Waals surface area contributed by atoms with Gasteiger partial charge in [0.15, 0.2) is 11.5 Å². The Morgan fingerprint density at radius 3 is 2.21 bits per heavy atom. The van der Waals surface area contributed by atoms with Gasteiger partial charge in [-0.1, -0.05) is 0 Å². The summed E-state index contributed by atoms with van der Waals surface area (Å²) >= 11 is 1.51. The van der Waals surface area contributed by atoms with Crippen LogP contribution in [0.2, 0.25) is 0 Å². The quantitative estimate of drug-likeness (QED) is 0.716. The van der Waals surface area contributed by atoms with Crippen molar-refractivity contribution in [2.45, 2.75) is 4.90 Å². The highest BCUT2D eigenvalue weighted by atomic mass is 32.2. The molecule has 0 saturated carbocycles. The van der Waals surface area contributed by atoms with Crippen LogP contribution in [0.3, 0.4) is 0 Å². The van der Waals surface area contributed by atoms with Gasteiger partial charge in [-0.15, -0.1) is 11.8 Å². The molecule has 0 aliphatic heterocycles. The number of benzene rings is 1. The van der Waals surface area contributed by atoms with Crippen molar-refractivity contribution in [3.8, 4) is 17.6 Å². The molecule has 0 unspecified atom stereocenters. The fraction of sp³-hybridized carbons (Fsp3) is 0.300. The van der Waals surface area contributed by atoms with Crippen molar-refractivity contribution in [2.24, 2.45) is 0 Å². The minimum absolute atomic E-state index is 0.585. The van der Waals surface area contributed by atoms with Crippen molar-refractivity contribution < 1.29 is 9.47 Å². The summed E-state index contributed by atoms with van der Waals surface area (Å²) in [5.41, 5.74) is 0.607. The van der Waals surface area contributed by atoms with E-state index in [1.165, 1.54) is 11.8 Å². The van der Waals surface area contributed by atoms with E-state index in [9.17, 15) is 0 Å². The summed E-state index contributed by atoms with van der Waals surface area (Å²) in [5, 5.41) is 8.87. The predicted molar refractivity (Wildman–Crippen MR) is 56.0 cm³/mol. The van der Waals surface area contributed by atoms with Crippen molar-refractivity contribution in [3.05, 3.63) is 17.7 Å². The fourth-order valence-corrected chi connectivity index (χ4v) is 1.67. The van der Waals surface area contributed by atoms with Crippen molar-refractivity contribution in [1.29, 1.82) is 5.26 Å². The molecular weight excluding hydrogens is 198 g/mol. The number of hydrogen-bond acceptors (Lipinski definition) is 4. The monoisotopic (exact) mass is 209 g/mol. The lowest BCUT2D eigenvalue weighted by Gasteiger charge is -2.09. The van der Waals surface area contributed by atoms with Crippen LogP contribution in [0.5, 0.6) is 11.5 Å². The highest BCUT2D eigenvalue weighted by Crippen LogP contribution is 2.33. The Hall–Kier alpha value is -1.34. The maximum absolute atomic E-state index is 8.87. The van der Waals surface area contributed by atoms with E-state index in [1.807, 2.05) is 12.3 Å². The molecule has 0 heterocycles. The van der Waals surface area contributed by atoms with E-state index in [2.05, 4.69) is 6.07 Å². The molecule has 3 nitrogen and oxygen atoms in total. The summed E-state index contributed by atoms with van der Waals surface area (Å²) in [6.45, 7) is 0. The zero-order valence-electron chi connectivity index (χ0n) is 8.33. The van der Waals surface area contributed by atoms with Crippen molar-refractivity contribution >= 4 is 11.8 Å². The maximum atomic E-state index is 8.87. The lowest BCUT2D eigenvalue weighted by atomic mass is 10.2. The standard InChI is InChI=1S/C10H11NO2S/c1-12-8-4-7(6-11)10(14-3)5-9(8)13-2/h4-5H,1-3H3. The largest absolute Gasteiger partial charge is 0.493 e. The van der Waals surface area contributed by atoms with Gasteiger partial charge in [0, 0.05) is 11.0 Å². The molecule has 0 N–H and O–H groups in total. The van der Waals surface area contributed by atoms with Gasteiger partial charge in [-0.2, -0.15) is 5.26 Å². The number of hydrogen-bond donors (Lipinski definition) is 0. The lowest BCUT2D eigenvalue weighted by Crippen LogP contribution is -1.92. The van der Waals surface area contributed by atoms with Crippen LogP contribution in [0.1, 0.15) is 5.56 Å². The normalized spacial score (nSPS) is 9.29. The highest BCUT2D eigenvalue weighted by Gasteiger charge is 2.09. The molecule has 1 aromatic carbocycles. The van der Waals surface area contributed by atoms with Crippen molar-refractivity contribution in [1.82, 2.24) is 0 Å². The van der Waals surface area contributed by atoms with Gasteiger partial charge >= 0.3 is 0 Å². The van der Waals surface area contributed by atoms with Crippen LogP contribution in [0.15, 0.2) is 17.0 Å². The van der Waals surface area contributed by atoms with E-state index in [0.29, 0.717) is 17.1 Å². The van der Waals surface area contributed by atoms with Gasteiger partial charge in [0.1, 0.15) is 6.07 Å². The van der Waals surface area contributed by atoms with E-state index < -0.39 is 0 Å². The minimum Gasteiger partial charge on any atom is -0.493 e.